The average Bonchev–Trinajstić information content (AvgIpc) is 2.56. The highest BCUT2D eigenvalue weighted by Gasteiger charge is 2.31. The Balaban J connectivity index is 0.00000196. The first kappa shape index (κ1) is 14.7. The van der Waals surface area contributed by atoms with E-state index in [-0.39, 0.29) is 24.9 Å². The van der Waals surface area contributed by atoms with Gasteiger partial charge in [-0.25, -0.2) is 0 Å². The number of amides is 1. The summed E-state index contributed by atoms with van der Waals surface area (Å²) in [4.78, 5) is 13.5. The van der Waals surface area contributed by atoms with E-state index in [1.54, 1.807) is 0 Å². The molecule has 1 amide bonds. The Labute approximate surface area is 97.5 Å². The van der Waals surface area contributed by atoms with E-state index >= 15 is 0 Å². The Kier molecular flexibility index (Phi) is 6.89. The van der Waals surface area contributed by atoms with Crippen LogP contribution in [0.3, 0.4) is 0 Å². The normalized spacial score (nSPS) is 25.1. The van der Waals surface area contributed by atoms with Crippen molar-refractivity contribution in [3.05, 3.63) is 0 Å². The van der Waals surface area contributed by atoms with Gasteiger partial charge in [0.15, 0.2) is 0 Å². The van der Waals surface area contributed by atoms with Gasteiger partial charge in [0.25, 0.3) is 0 Å². The molecule has 4 nitrogen and oxygen atoms in total. The minimum atomic E-state index is 0. The van der Waals surface area contributed by atoms with E-state index in [9.17, 15) is 4.79 Å². The molecule has 0 aromatic carbocycles. The summed E-state index contributed by atoms with van der Waals surface area (Å²) in [5, 5.41) is 0. The Bertz CT molecular complexity index is 202. The third-order valence-corrected chi connectivity index (χ3v) is 2.74. The van der Waals surface area contributed by atoms with Crippen LogP contribution in [0.15, 0.2) is 0 Å². The lowest BCUT2D eigenvalue weighted by atomic mass is 10.1. The van der Waals surface area contributed by atoms with Crippen molar-refractivity contribution in [2.24, 2.45) is 11.7 Å². The lowest BCUT2D eigenvalue weighted by molar-refractivity contribution is -0.136. The van der Waals surface area contributed by atoms with Gasteiger partial charge in [-0.1, -0.05) is 0 Å². The quantitative estimate of drug-likeness (QED) is 0.780. The fourth-order valence-electron chi connectivity index (χ4n) is 1.93. The summed E-state index contributed by atoms with van der Waals surface area (Å²) in [5.41, 5.74) is 5.59. The first-order valence-corrected chi connectivity index (χ1v) is 5.26. The number of nitrogens with two attached hydrogens (primary N) is 1. The largest absolute Gasteiger partial charge is 0.372 e. The second-order valence-electron chi connectivity index (χ2n) is 3.87. The maximum Gasteiger partial charge on any atom is 0.248 e. The monoisotopic (exact) mass is 236 g/mol. The SMILES string of the molecule is CCOCC(=O)N1CC(CN)CC1C.Cl. The lowest BCUT2D eigenvalue weighted by Crippen LogP contribution is -2.37. The number of nitrogens with zero attached hydrogens (tertiary/aromatic N) is 1. The first-order chi connectivity index (χ1) is 6.69. The molecule has 2 atom stereocenters. The highest BCUT2D eigenvalue weighted by atomic mass is 35.5. The molecular weight excluding hydrogens is 216 g/mol. The van der Waals surface area contributed by atoms with E-state index in [0.29, 0.717) is 25.1 Å². The highest BCUT2D eigenvalue weighted by Crippen LogP contribution is 2.21. The summed E-state index contributed by atoms with van der Waals surface area (Å²) in [6.45, 7) is 6.22. The van der Waals surface area contributed by atoms with Gasteiger partial charge in [-0.15, -0.1) is 12.4 Å². The van der Waals surface area contributed by atoms with Crippen molar-refractivity contribution in [1.29, 1.82) is 0 Å². The number of hydrogen-bond donors (Lipinski definition) is 1. The predicted octanol–water partition coefficient (Wildman–Crippen LogP) is 0.640. The zero-order chi connectivity index (χ0) is 10.6. The molecule has 2 unspecified atom stereocenters. The molecule has 0 bridgehead atoms. The summed E-state index contributed by atoms with van der Waals surface area (Å²) in [6.07, 6.45) is 1.02. The van der Waals surface area contributed by atoms with Gasteiger partial charge in [-0.05, 0) is 32.7 Å². The van der Waals surface area contributed by atoms with E-state index in [2.05, 4.69) is 6.92 Å². The minimum Gasteiger partial charge on any atom is -0.372 e. The first-order valence-electron chi connectivity index (χ1n) is 5.26. The molecule has 90 valence electrons. The molecule has 0 saturated carbocycles. The number of rotatable bonds is 4. The Morgan fingerprint density at radius 1 is 1.60 bits per heavy atom. The van der Waals surface area contributed by atoms with Crippen LogP contribution in [0.1, 0.15) is 20.3 Å². The van der Waals surface area contributed by atoms with E-state index in [1.807, 2.05) is 11.8 Å². The van der Waals surface area contributed by atoms with E-state index in [4.69, 9.17) is 10.5 Å². The third-order valence-electron chi connectivity index (χ3n) is 2.74. The van der Waals surface area contributed by atoms with Gasteiger partial charge in [-0.3, -0.25) is 4.79 Å². The van der Waals surface area contributed by atoms with Crippen molar-refractivity contribution in [1.82, 2.24) is 4.90 Å². The number of carbonyl (C=O) groups is 1. The Morgan fingerprint density at radius 2 is 2.27 bits per heavy atom. The van der Waals surface area contributed by atoms with Gasteiger partial charge in [0.2, 0.25) is 5.91 Å². The van der Waals surface area contributed by atoms with Crippen molar-refractivity contribution >= 4 is 18.3 Å². The second kappa shape index (κ2) is 7.04. The van der Waals surface area contributed by atoms with Crippen LogP contribution in [-0.2, 0) is 9.53 Å². The second-order valence-corrected chi connectivity index (χ2v) is 3.87. The summed E-state index contributed by atoms with van der Waals surface area (Å²) >= 11 is 0. The van der Waals surface area contributed by atoms with Crippen LogP contribution >= 0.6 is 12.4 Å². The van der Waals surface area contributed by atoms with Crippen LogP contribution in [0.25, 0.3) is 0 Å². The fraction of sp³-hybridized carbons (Fsp3) is 0.900. The van der Waals surface area contributed by atoms with Crippen molar-refractivity contribution in [2.75, 3.05) is 26.3 Å². The van der Waals surface area contributed by atoms with Crippen LogP contribution in [0.4, 0.5) is 0 Å². The number of likely N-dealkylation sites (tertiary alicyclic amines) is 1. The molecule has 0 spiro atoms. The van der Waals surface area contributed by atoms with Gasteiger partial charge in [-0.2, -0.15) is 0 Å². The Hall–Kier alpha value is -0.320. The topological polar surface area (TPSA) is 55.6 Å². The van der Waals surface area contributed by atoms with Crippen molar-refractivity contribution in [3.63, 3.8) is 0 Å². The summed E-state index contributed by atoms with van der Waals surface area (Å²) in [5.74, 6) is 0.561. The van der Waals surface area contributed by atoms with Gasteiger partial charge in [0.05, 0.1) is 0 Å². The van der Waals surface area contributed by atoms with Crippen LogP contribution in [0.2, 0.25) is 0 Å². The predicted molar refractivity (Wildman–Crippen MR) is 62.1 cm³/mol. The fourth-order valence-corrected chi connectivity index (χ4v) is 1.93. The van der Waals surface area contributed by atoms with E-state index in [1.165, 1.54) is 0 Å². The number of hydrogen-bond acceptors (Lipinski definition) is 3. The van der Waals surface area contributed by atoms with Crippen LogP contribution in [0, 0.1) is 5.92 Å². The molecule has 15 heavy (non-hydrogen) atoms. The molecule has 5 heteroatoms. The highest BCUT2D eigenvalue weighted by molar-refractivity contribution is 5.85. The molecule has 0 aromatic rings. The van der Waals surface area contributed by atoms with Crippen molar-refractivity contribution in [2.45, 2.75) is 26.3 Å². The molecule has 1 saturated heterocycles. The molecule has 1 fully saturated rings. The average molecular weight is 237 g/mol. The van der Waals surface area contributed by atoms with E-state index in [0.717, 1.165) is 13.0 Å². The molecule has 0 aromatic heterocycles. The zero-order valence-corrected chi connectivity index (χ0v) is 10.3. The zero-order valence-electron chi connectivity index (χ0n) is 9.44. The van der Waals surface area contributed by atoms with Crippen LogP contribution < -0.4 is 5.73 Å². The van der Waals surface area contributed by atoms with Crippen LogP contribution in [0.5, 0.6) is 0 Å². The summed E-state index contributed by atoms with van der Waals surface area (Å²) in [7, 11) is 0. The van der Waals surface area contributed by atoms with Gasteiger partial charge in [0.1, 0.15) is 6.61 Å². The van der Waals surface area contributed by atoms with Gasteiger partial charge >= 0.3 is 0 Å². The smallest absolute Gasteiger partial charge is 0.248 e. The molecule has 0 radical (unpaired) electrons. The third kappa shape index (κ3) is 3.97. The maximum atomic E-state index is 11.6. The molecule has 1 aliphatic rings. The molecule has 1 rings (SSSR count). The lowest BCUT2D eigenvalue weighted by Gasteiger charge is -2.21. The Morgan fingerprint density at radius 3 is 2.73 bits per heavy atom. The molecule has 2 N–H and O–H groups in total. The standard InChI is InChI=1S/C10H20N2O2.ClH/c1-3-14-7-10(13)12-6-9(5-11)4-8(12)2;/h8-9H,3-7,11H2,1-2H3;1H. The van der Waals surface area contributed by atoms with E-state index < -0.39 is 0 Å². The molecular formula is C10H21ClN2O2. The van der Waals surface area contributed by atoms with Crippen molar-refractivity contribution < 1.29 is 9.53 Å². The van der Waals surface area contributed by atoms with Crippen LogP contribution in [-0.4, -0.2) is 43.2 Å². The van der Waals surface area contributed by atoms with Crippen molar-refractivity contribution in [3.8, 4) is 0 Å². The van der Waals surface area contributed by atoms with Gasteiger partial charge in [0, 0.05) is 19.2 Å². The van der Waals surface area contributed by atoms with Gasteiger partial charge < -0.3 is 15.4 Å². The summed E-state index contributed by atoms with van der Waals surface area (Å²) in [6, 6.07) is 0.316. The number of halogens is 1. The summed E-state index contributed by atoms with van der Waals surface area (Å²) < 4.78 is 5.10. The minimum absolute atomic E-state index is 0. The number of carbonyl (C=O) groups excluding carboxylic acids is 1. The molecule has 1 heterocycles. The molecule has 1 aliphatic heterocycles. The number of ether oxygens (including phenoxy) is 1. The molecule has 0 aliphatic carbocycles. The maximum absolute atomic E-state index is 11.6.